The van der Waals surface area contributed by atoms with Crippen LogP contribution in [-0.2, 0) is 0 Å². The Balaban J connectivity index is 1.94. The zero-order valence-electron chi connectivity index (χ0n) is 10.8. The summed E-state index contributed by atoms with van der Waals surface area (Å²) in [6.07, 6.45) is 1.17. The van der Waals surface area contributed by atoms with Crippen molar-refractivity contribution in [3.8, 4) is 0 Å². The molecular weight excluding hydrogens is 250 g/mol. The summed E-state index contributed by atoms with van der Waals surface area (Å²) in [5.74, 6) is -0.948. The average molecular weight is 269 g/mol. The lowest BCUT2D eigenvalue weighted by Crippen LogP contribution is -2.49. The number of carboxylic acid groups (broad SMARTS) is 1. The van der Waals surface area contributed by atoms with E-state index in [1.165, 1.54) is 17.8 Å². The second-order valence-electron chi connectivity index (χ2n) is 4.60. The fourth-order valence-corrected chi connectivity index (χ4v) is 2.97. The number of rotatable bonds is 4. The maximum Gasteiger partial charge on any atom is 0.355 e. The van der Waals surface area contributed by atoms with Gasteiger partial charge < -0.3 is 10.0 Å². The lowest BCUT2D eigenvalue weighted by atomic mass is 10.2. The molecule has 0 aliphatic carbocycles. The summed E-state index contributed by atoms with van der Waals surface area (Å²) in [5, 5.41) is 11.3. The quantitative estimate of drug-likeness (QED) is 0.902. The number of carbonyl (C=O) groups is 1. The SMILES string of the molecule is CCC(C)N1CCN(c2nc(C(=O)O)cs2)CC1. The van der Waals surface area contributed by atoms with Gasteiger partial charge in [-0.25, -0.2) is 9.78 Å². The Morgan fingerprint density at radius 2 is 2.17 bits per heavy atom. The van der Waals surface area contributed by atoms with Crippen LogP contribution in [0.5, 0.6) is 0 Å². The van der Waals surface area contributed by atoms with Gasteiger partial charge in [-0.2, -0.15) is 0 Å². The molecule has 1 unspecified atom stereocenters. The molecule has 1 saturated heterocycles. The van der Waals surface area contributed by atoms with Crippen LogP contribution in [0.2, 0.25) is 0 Å². The summed E-state index contributed by atoms with van der Waals surface area (Å²) in [5.41, 5.74) is 0.152. The molecule has 1 fully saturated rings. The van der Waals surface area contributed by atoms with Gasteiger partial charge in [0.1, 0.15) is 0 Å². The number of thiazole rings is 1. The van der Waals surface area contributed by atoms with Crippen molar-refractivity contribution in [1.29, 1.82) is 0 Å². The molecule has 1 atom stereocenters. The third kappa shape index (κ3) is 2.81. The summed E-state index contributed by atoms with van der Waals surface area (Å²) in [4.78, 5) is 19.6. The first kappa shape index (κ1) is 13.3. The predicted molar refractivity (Wildman–Crippen MR) is 72.6 cm³/mol. The normalized spacial score (nSPS) is 18.9. The van der Waals surface area contributed by atoms with E-state index in [4.69, 9.17) is 5.11 Å². The molecule has 1 N–H and O–H groups in total. The molecule has 0 aromatic carbocycles. The van der Waals surface area contributed by atoms with Crippen LogP contribution >= 0.6 is 11.3 Å². The van der Waals surface area contributed by atoms with E-state index in [1.54, 1.807) is 5.38 Å². The van der Waals surface area contributed by atoms with Gasteiger partial charge in [-0.3, -0.25) is 4.90 Å². The van der Waals surface area contributed by atoms with E-state index in [-0.39, 0.29) is 5.69 Å². The first-order valence-corrected chi connectivity index (χ1v) is 7.17. The molecule has 2 heterocycles. The van der Waals surface area contributed by atoms with Crippen LogP contribution in [0, 0.1) is 0 Å². The van der Waals surface area contributed by atoms with Crippen LogP contribution in [0.15, 0.2) is 5.38 Å². The standard InChI is InChI=1S/C12H19N3O2S/c1-3-9(2)14-4-6-15(7-5-14)12-13-10(8-18-12)11(16)17/h8-9H,3-7H2,1-2H3,(H,16,17). The first-order chi connectivity index (χ1) is 8.61. The number of carboxylic acids is 1. The highest BCUT2D eigenvalue weighted by Gasteiger charge is 2.22. The zero-order valence-corrected chi connectivity index (χ0v) is 11.6. The number of hydrogen-bond donors (Lipinski definition) is 1. The lowest BCUT2D eigenvalue weighted by Gasteiger charge is -2.37. The Labute approximate surface area is 111 Å². The molecule has 0 radical (unpaired) electrons. The Morgan fingerprint density at radius 1 is 1.50 bits per heavy atom. The number of aromatic nitrogens is 1. The van der Waals surface area contributed by atoms with Gasteiger partial charge in [0.2, 0.25) is 0 Å². The average Bonchev–Trinajstić information content (AvgIpc) is 2.88. The monoisotopic (exact) mass is 269 g/mol. The summed E-state index contributed by atoms with van der Waals surface area (Å²) >= 11 is 1.42. The van der Waals surface area contributed by atoms with Gasteiger partial charge in [0, 0.05) is 37.6 Å². The van der Waals surface area contributed by atoms with Crippen molar-refractivity contribution in [3.05, 3.63) is 11.1 Å². The Bertz CT molecular complexity index is 413. The molecule has 0 saturated carbocycles. The van der Waals surface area contributed by atoms with Crippen molar-refractivity contribution < 1.29 is 9.90 Å². The molecule has 0 amide bonds. The number of aromatic carboxylic acids is 1. The topological polar surface area (TPSA) is 56.7 Å². The highest BCUT2D eigenvalue weighted by Crippen LogP contribution is 2.22. The molecule has 1 aromatic rings. The van der Waals surface area contributed by atoms with E-state index in [0.717, 1.165) is 31.3 Å². The maximum absolute atomic E-state index is 10.8. The van der Waals surface area contributed by atoms with Crippen molar-refractivity contribution in [2.45, 2.75) is 26.3 Å². The van der Waals surface area contributed by atoms with E-state index >= 15 is 0 Å². The second-order valence-corrected chi connectivity index (χ2v) is 5.44. The van der Waals surface area contributed by atoms with Gasteiger partial charge in [0.05, 0.1) is 0 Å². The highest BCUT2D eigenvalue weighted by molar-refractivity contribution is 7.13. The van der Waals surface area contributed by atoms with Crippen LogP contribution in [0.4, 0.5) is 5.13 Å². The minimum atomic E-state index is -0.948. The van der Waals surface area contributed by atoms with Crippen molar-refractivity contribution in [3.63, 3.8) is 0 Å². The van der Waals surface area contributed by atoms with Crippen LogP contribution in [-0.4, -0.2) is 53.2 Å². The van der Waals surface area contributed by atoms with Crippen molar-refractivity contribution >= 4 is 22.4 Å². The summed E-state index contributed by atoms with van der Waals surface area (Å²) in [6, 6.07) is 0.623. The molecule has 100 valence electrons. The fraction of sp³-hybridized carbons (Fsp3) is 0.667. The molecule has 5 nitrogen and oxygen atoms in total. The summed E-state index contributed by atoms with van der Waals surface area (Å²) in [7, 11) is 0. The van der Waals surface area contributed by atoms with Gasteiger partial charge >= 0.3 is 5.97 Å². The van der Waals surface area contributed by atoms with E-state index in [1.807, 2.05) is 0 Å². The number of anilines is 1. The van der Waals surface area contributed by atoms with Gasteiger partial charge in [0.15, 0.2) is 10.8 Å². The van der Waals surface area contributed by atoms with E-state index in [0.29, 0.717) is 6.04 Å². The van der Waals surface area contributed by atoms with Crippen molar-refractivity contribution in [1.82, 2.24) is 9.88 Å². The summed E-state index contributed by atoms with van der Waals surface area (Å²) in [6.45, 7) is 8.36. The van der Waals surface area contributed by atoms with Crippen LogP contribution in [0.1, 0.15) is 30.8 Å². The van der Waals surface area contributed by atoms with Crippen molar-refractivity contribution in [2.24, 2.45) is 0 Å². The molecule has 6 heteroatoms. The molecule has 18 heavy (non-hydrogen) atoms. The molecule has 1 aromatic heterocycles. The van der Waals surface area contributed by atoms with E-state index in [2.05, 4.69) is 28.6 Å². The van der Waals surface area contributed by atoms with Gasteiger partial charge in [-0.1, -0.05) is 6.92 Å². The maximum atomic E-state index is 10.8. The molecule has 1 aliphatic heterocycles. The minimum absolute atomic E-state index is 0.152. The van der Waals surface area contributed by atoms with Crippen LogP contribution in [0.25, 0.3) is 0 Å². The number of hydrogen-bond acceptors (Lipinski definition) is 5. The second kappa shape index (κ2) is 5.67. The third-order valence-electron chi connectivity index (χ3n) is 3.51. The largest absolute Gasteiger partial charge is 0.476 e. The van der Waals surface area contributed by atoms with Gasteiger partial charge in [-0.15, -0.1) is 11.3 Å². The Kier molecular flexibility index (Phi) is 4.19. The number of piperazine rings is 1. The molecule has 0 bridgehead atoms. The third-order valence-corrected chi connectivity index (χ3v) is 4.41. The fourth-order valence-electron chi connectivity index (χ4n) is 2.12. The van der Waals surface area contributed by atoms with Crippen molar-refractivity contribution in [2.75, 3.05) is 31.1 Å². The van der Waals surface area contributed by atoms with Crippen LogP contribution < -0.4 is 4.90 Å². The van der Waals surface area contributed by atoms with E-state index < -0.39 is 5.97 Å². The summed E-state index contributed by atoms with van der Waals surface area (Å²) < 4.78 is 0. The van der Waals surface area contributed by atoms with Crippen LogP contribution in [0.3, 0.4) is 0 Å². The number of nitrogens with zero attached hydrogens (tertiary/aromatic N) is 3. The Hall–Kier alpha value is -1.14. The molecule has 2 rings (SSSR count). The van der Waals surface area contributed by atoms with E-state index in [9.17, 15) is 4.79 Å². The molecule has 0 spiro atoms. The van der Waals surface area contributed by atoms with Gasteiger partial charge in [0.25, 0.3) is 0 Å². The molecular formula is C12H19N3O2S. The smallest absolute Gasteiger partial charge is 0.355 e. The Morgan fingerprint density at radius 3 is 2.67 bits per heavy atom. The minimum Gasteiger partial charge on any atom is -0.476 e. The van der Waals surface area contributed by atoms with Gasteiger partial charge in [-0.05, 0) is 13.3 Å². The highest BCUT2D eigenvalue weighted by atomic mass is 32.1. The predicted octanol–water partition coefficient (Wildman–Crippen LogP) is 1.76. The lowest BCUT2D eigenvalue weighted by molar-refractivity contribution is 0.0691. The molecule has 1 aliphatic rings. The first-order valence-electron chi connectivity index (χ1n) is 6.29. The zero-order chi connectivity index (χ0) is 13.1.